The molecule has 1 aliphatic rings. The molecule has 4 heteroatoms. The van der Waals surface area contributed by atoms with Crippen LogP contribution in [0.5, 0.6) is 0 Å². The molecule has 0 heterocycles. The van der Waals surface area contributed by atoms with Crippen molar-refractivity contribution in [3.05, 3.63) is 0 Å². The van der Waals surface area contributed by atoms with E-state index in [-0.39, 0.29) is 25.4 Å². The van der Waals surface area contributed by atoms with Crippen molar-refractivity contribution in [1.29, 1.82) is 0 Å². The van der Waals surface area contributed by atoms with Crippen molar-refractivity contribution in [1.82, 2.24) is 0 Å². The number of ether oxygens (including phenoxy) is 1. The molecule has 2 atom stereocenters. The second-order valence-electron chi connectivity index (χ2n) is 3.32. The molecule has 1 fully saturated rings. The van der Waals surface area contributed by atoms with Crippen LogP contribution in [0.3, 0.4) is 0 Å². The van der Waals surface area contributed by atoms with Crippen LogP contribution in [0.2, 0.25) is 0 Å². The molecule has 0 aromatic heterocycles. The number of alkyl halides is 2. The molecule has 0 spiro atoms. The van der Waals surface area contributed by atoms with Crippen molar-refractivity contribution in [2.75, 3.05) is 13.7 Å². The van der Waals surface area contributed by atoms with E-state index in [1.54, 1.807) is 0 Å². The van der Waals surface area contributed by atoms with E-state index in [4.69, 9.17) is 9.84 Å². The van der Waals surface area contributed by atoms with E-state index >= 15 is 0 Å². The van der Waals surface area contributed by atoms with E-state index in [0.29, 0.717) is 6.42 Å². The second-order valence-corrected chi connectivity index (χ2v) is 3.32. The Bertz CT molecular complexity index is 146. The Hall–Kier alpha value is -0.220. The van der Waals surface area contributed by atoms with Gasteiger partial charge in [0, 0.05) is 20.0 Å². The lowest BCUT2D eigenvalue weighted by Gasteiger charge is -2.19. The van der Waals surface area contributed by atoms with E-state index < -0.39 is 12.0 Å². The number of hydrogen-bond donors (Lipinski definition) is 1. The Balaban J connectivity index is 2.45. The first-order chi connectivity index (χ1) is 5.59. The van der Waals surface area contributed by atoms with Crippen LogP contribution in [0.25, 0.3) is 0 Å². The van der Waals surface area contributed by atoms with Crippen LogP contribution in [-0.4, -0.2) is 30.8 Å². The maximum Gasteiger partial charge on any atom is 0.248 e. The molecule has 0 saturated heterocycles. The van der Waals surface area contributed by atoms with Crippen LogP contribution in [0.4, 0.5) is 8.78 Å². The van der Waals surface area contributed by atoms with Gasteiger partial charge in [-0.2, -0.15) is 0 Å². The summed E-state index contributed by atoms with van der Waals surface area (Å²) in [5, 5.41) is 8.79. The molecule has 2 nitrogen and oxygen atoms in total. The molecule has 1 saturated carbocycles. The minimum Gasteiger partial charge on any atom is -0.394 e. The third kappa shape index (κ3) is 2.14. The van der Waals surface area contributed by atoms with Crippen LogP contribution in [-0.2, 0) is 4.74 Å². The normalized spacial score (nSPS) is 30.5. The van der Waals surface area contributed by atoms with E-state index in [9.17, 15) is 8.78 Å². The van der Waals surface area contributed by atoms with Gasteiger partial charge in [0.25, 0.3) is 0 Å². The van der Waals surface area contributed by atoms with Crippen LogP contribution in [0, 0.1) is 5.92 Å². The Morgan fingerprint density at radius 3 is 2.67 bits per heavy atom. The molecule has 0 radical (unpaired) electrons. The highest BCUT2D eigenvalue weighted by Gasteiger charge is 2.42. The average Bonchev–Trinajstić information content (AvgIpc) is 2.34. The fourth-order valence-corrected chi connectivity index (χ4v) is 1.72. The number of hydrogen-bond acceptors (Lipinski definition) is 2. The first-order valence-electron chi connectivity index (χ1n) is 4.10. The van der Waals surface area contributed by atoms with Crippen molar-refractivity contribution < 1.29 is 18.6 Å². The van der Waals surface area contributed by atoms with Gasteiger partial charge in [-0.25, -0.2) is 8.78 Å². The number of methoxy groups -OCH3 is 1. The molecule has 2 unspecified atom stereocenters. The van der Waals surface area contributed by atoms with Crippen LogP contribution >= 0.6 is 0 Å². The van der Waals surface area contributed by atoms with Crippen molar-refractivity contribution in [3.63, 3.8) is 0 Å². The van der Waals surface area contributed by atoms with Gasteiger partial charge in [0.15, 0.2) is 0 Å². The predicted molar refractivity (Wildman–Crippen MR) is 40.2 cm³/mol. The summed E-state index contributed by atoms with van der Waals surface area (Å²) in [6.45, 7) is -0.169. The third-order valence-corrected chi connectivity index (χ3v) is 2.45. The highest BCUT2D eigenvalue weighted by molar-refractivity contribution is 4.85. The molecule has 0 amide bonds. The van der Waals surface area contributed by atoms with Gasteiger partial charge in [-0.05, 0) is 12.3 Å². The van der Waals surface area contributed by atoms with Crippen molar-refractivity contribution in [3.8, 4) is 0 Å². The van der Waals surface area contributed by atoms with Gasteiger partial charge >= 0.3 is 0 Å². The number of halogens is 2. The summed E-state index contributed by atoms with van der Waals surface area (Å²) in [6, 6.07) is 0. The Morgan fingerprint density at radius 1 is 1.67 bits per heavy atom. The summed E-state index contributed by atoms with van der Waals surface area (Å²) >= 11 is 0. The summed E-state index contributed by atoms with van der Waals surface area (Å²) in [5.74, 6) is -2.73. The van der Waals surface area contributed by atoms with Crippen molar-refractivity contribution in [2.45, 2.75) is 31.3 Å². The Morgan fingerprint density at radius 2 is 2.33 bits per heavy atom. The summed E-state index contributed by atoms with van der Waals surface area (Å²) in [6.07, 6.45) is -0.186. The maximum atomic E-state index is 12.7. The third-order valence-electron chi connectivity index (χ3n) is 2.45. The summed E-state index contributed by atoms with van der Waals surface area (Å²) < 4.78 is 30.3. The summed E-state index contributed by atoms with van der Waals surface area (Å²) in [4.78, 5) is 0. The Kier molecular flexibility index (Phi) is 3.01. The van der Waals surface area contributed by atoms with E-state index in [1.807, 2.05) is 0 Å². The standard InChI is InChI=1S/C8H14F2O2/c1-12-7(5-11)6-2-3-8(9,10)4-6/h6-7,11H,2-5H2,1H3. The minimum absolute atomic E-state index is 0.0719. The quantitative estimate of drug-likeness (QED) is 0.712. The SMILES string of the molecule is COC(CO)C1CCC(F)(F)C1. The second kappa shape index (κ2) is 3.66. The molecule has 0 aromatic rings. The van der Waals surface area contributed by atoms with Gasteiger partial charge in [0.1, 0.15) is 0 Å². The zero-order chi connectivity index (χ0) is 9.19. The van der Waals surface area contributed by atoms with E-state index in [0.717, 1.165) is 0 Å². The number of aliphatic hydroxyl groups excluding tert-OH is 1. The molecule has 1 aliphatic carbocycles. The molecule has 0 aromatic carbocycles. The number of rotatable bonds is 3. The van der Waals surface area contributed by atoms with Crippen LogP contribution < -0.4 is 0 Å². The van der Waals surface area contributed by atoms with Crippen molar-refractivity contribution in [2.24, 2.45) is 5.92 Å². The molecule has 1 N–H and O–H groups in total. The monoisotopic (exact) mass is 180 g/mol. The minimum atomic E-state index is -2.55. The van der Waals surface area contributed by atoms with Gasteiger partial charge in [-0.15, -0.1) is 0 Å². The topological polar surface area (TPSA) is 29.5 Å². The molecular formula is C8H14F2O2. The highest BCUT2D eigenvalue weighted by atomic mass is 19.3. The molecule has 72 valence electrons. The number of aliphatic hydroxyl groups is 1. The maximum absolute atomic E-state index is 12.7. The highest BCUT2D eigenvalue weighted by Crippen LogP contribution is 2.40. The first-order valence-corrected chi connectivity index (χ1v) is 4.10. The largest absolute Gasteiger partial charge is 0.394 e. The smallest absolute Gasteiger partial charge is 0.248 e. The molecule has 12 heavy (non-hydrogen) atoms. The van der Waals surface area contributed by atoms with Gasteiger partial charge in [-0.1, -0.05) is 0 Å². The Labute approximate surface area is 70.5 Å². The van der Waals surface area contributed by atoms with E-state index in [1.165, 1.54) is 7.11 Å². The first kappa shape index (κ1) is 9.86. The van der Waals surface area contributed by atoms with E-state index in [2.05, 4.69) is 0 Å². The summed E-state index contributed by atoms with van der Waals surface area (Å²) in [7, 11) is 1.44. The molecule has 1 rings (SSSR count). The van der Waals surface area contributed by atoms with Gasteiger partial charge < -0.3 is 9.84 Å². The summed E-state index contributed by atoms with van der Waals surface area (Å²) in [5.41, 5.74) is 0. The fourth-order valence-electron chi connectivity index (χ4n) is 1.72. The fraction of sp³-hybridized carbons (Fsp3) is 1.00. The van der Waals surface area contributed by atoms with Crippen molar-refractivity contribution >= 4 is 0 Å². The molecule has 0 bridgehead atoms. The zero-order valence-corrected chi connectivity index (χ0v) is 7.09. The van der Waals surface area contributed by atoms with Gasteiger partial charge in [0.2, 0.25) is 5.92 Å². The lowest BCUT2D eigenvalue weighted by Crippen LogP contribution is -2.26. The molecular weight excluding hydrogens is 166 g/mol. The van der Waals surface area contributed by atoms with Crippen LogP contribution in [0.1, 0.15) is 19.3 Å². The zero-order valence-electron chi connectivity index (χ0n) is 7.09. The van der Waals surface area contributed by atoms with Gasteiger partial charge in [-0.3, -0.25) is 0 Å². The molecule has 0 aliphatic heterocycles. The van der Waals surface area contributed by atoms with Gasteiger partial charge in [0.05, 0.1) is 12.7 Å². The van der Waals surface area contributed by atoms with Crippen LogP contribution in [0.15, 0.2) is 0 Å². The average molecular weight is 180 g/mol. The lowest BCUT2D eigenvalue weighted by atomic mass is 10.0. The predicted octanol–water partition coefficient (Wildman–Crippen LogP) is 1.43. The lowest BCUT2D eigenvalue weighted by molar-refractivity contribution is -0.0244.